The van der Waals surface area contributed by atoms with Crippen molar-refractivity contribution in [3.05, 3.63) is 29.8 Å². The molecule has 1 aliphatic heterocycles. The van der Waals surface area contributed by atoms with Gasteiger partial charge in [0, 0.05) is 13.1 Å². The predicted octanol–water partition coefficient (Wildman–Crippen LogP) is 2.42. The number of piperidine rings is 1. The Morgan fingerprint density at radius 1 is 1.24 bits per heavy atom. The average Bonchev–Trinajstić information content (AvgIpc) is 2.48. The van der Waals surface area contributed by atoms with E-state index in [4.69, 9.17) is 0 Å². The fourth-order valence-electron chi connectivity index (χ4n) is 2.86. The second-order valence-electron chi connectivity index (χ2n) is 5.88. The highest BCUT2D eigenvalue weighted by Crippen LogP contribution is 2.25. The van der Waals surface area contributed by atoms with Gasteiger partial charge >= 0.3 is 0 Å². The summed E-state index contributed by atoms with van der Waals surface area (Å²) in [6.45, 7) is 4.88. The minimum Gasteiger partial charge on any atom is -0.393 e. The molecule has 21 heavy (non-hydrogen) atoms. The van der Waals surface area contributed by atoms with Crippen LogP contribution >= 0.6 is 0 Å². The van der Waals surface area contributed by atoms with Crippen LogP contribution in [0.1, 0.15) is 38.7 Å². The molecule has 0 saturated carbocycles. The summed E-state index contributed by atoms with van der Waals surface area (Å²) in [4.78, 5) is 0.373. The van der Waals surface area contributed by atoms with Crippen molar-refractivity contribution in [2.45, 2.75) is 50.5 Å². The molecule has 1 unspecified atom stereocenters. The smallest absolute Gasteiger partial charge is 0.243 e. The number of nitrogens with zero attached hydrogens (tertiary/aromatic N) is 1. The Morgan fingerprint density at radius 3 is 2.29 bits per heavy atom. The molecule has 4 nitrogen and oxygen atoms in total. The molecule has 1 heterocycles. The van der Waals surface area contributed by atoms with Gasteiger partial charge in [-0.05, 0) is 49.8 Å². The van der Waals surface area contributed by atoms with E-state index in [2.05, 4.69) is 6.92 Å². The van der Waals surface area contributed by atoms with E-state index in [1.54, 1.807) is 23.4 Å². The lowest BCUT2D eigenvalue weighted by molar-refractivity contribution is 0.0912. The van der Waals surface area contributed by atoms with Crippen LogP contribution in [-0.2, 0) is 16.4 Å². The summed E-state index contributed by atoms with van der Waals surface area (Å²) >= 11 is 0. The highest BCUT2D eigenvalue weighted by molar-refractivity contribution is 7.89. The second kappa shape index (κ2) is 6.90. The van der Waals surface area contributed by atoms with Crippen molar-refractivity contribution in [3.63, 3.8) is 0 Å². The van der Waals surface area contributed by atoms with E-state index < -0.39 is 10.0 Å². The van der Waals surface area contributed by atoms with Gasteiger partial charge in [0.1, 0.15) is 0 Å². The molecule has 5 heteroatoms. The van der Waals surface area contributed by atoms with Crippen molar-refractivity contribution in [2.24, 2.45) is 5.92 Å². The van der Waals surface area contributed by atoms with Crippen molar-refractivity contribution >= 4 is 10.0 Å². The first-order valence-corrected chi connectivity index (χ1v) is 9.16. The maximum atomic E-state index is 12.6. The van der Waals surface area contributed by atoms with Crippen molar-refractivity contribution in [1.29, 1.82) is 0 Å². The Morgan fingerprint density at radius 2 is 1.81 bits per heavy atom. The molecule has 118 valence electrons. The molecule has 0 radical (unpaired) electrons. The largest absolute Gasteiger partial charge is 0.393 e. The number of aliphatic hydroxyl groups is 1. The van der Waals surface area contributed by atoms with Crippen LogP contribution < -0.4 is 0 Å². The van der Waals surface area contributed by atoms with Gasteiger partial charge in [-0.1, -0.05) is 25.5 Å². The minimum absolute atomic E-state index is 0.211. The standard InChI is InChI=1S/C16H25NO3S/c1-3-4-14-5-7-16(8-6-14)21(19,20)17-11-9-15(10-12-17)13(2)18/h5-8,13,15,18H,3-4,9-12H2,1-2H3. The summed E-state index contributed by atoms with van der Waals surface area (Å²) in [6.07, 6.45) is 3.12. The van der Waals surface area contributed by atoms with Crippen LogP contribution in [0.2, 0.25) is 0 Å². The lowest BCUT2D eigenvalue weighted by atomic mass is 9.93. The van der Waals surface area contributed by atoms with Gasteiger partial charge in [-0.2, -0.15) is 4.31 Å². The number of hydrogen-bond donors (Lipinski definition) is 1. The molecule has 0 aliphatic carbocycles. The summed E-state index contributed by atoms with van der Waals surface area (Å²) in [5.74, 6) is 0.211. The van der Waals surface area contributed by atoms with Crippen LogP contribution in [0.3, 0.4) is 0 Å². The molecule has 1 aromatic rings. The Balaban J connectivity index is 2.08. The van der Waals surface area contributed by atoms with Gasteiger partial charge in [0.2, 0.25) is 10.0 Å². The van der Waals surface area contributed by atoms with E-state index in [0.717, 1.165) is 25.7 Å². The molecule has 1 aromatic carbocycles. The fraction of sp³-hybridized carbons (Fsp3) is 0.625. The number of aryl methyl sites for hydroxylation is 1. The zero-order valence-electron chi connectivity index (χ0n) is 12.8. The molecular weight excluding hydrogens is 286 g/mol. The van der Waals surface area contributed by atoms with Crippen LogP contribution in [0.5, 0.6) is 0 Å². The highest BCUT2D eigenvalue weighted by atomic mass is 32.2. The molecule has 0 bridgehead atoms. The Hall–Kier alpha value is -0.910. The van der Waals surface area contributed by atoms with E-state index >= 15 is 0 Å². The molecule has 1 atom stereocenters. The first-order chi connectivity index (χ1) is 9.95. The van der Waals surface area contributed by atoms with Gasteiger partial charge in [-0.25, -0.2) is 8.42 Å². The SMILES string of the molecule is CCCc1ccc(S(=O)(=O)N2CCC(C(C)O)CC2)cc1. The van der Waals surface area contributed by atoms with E-state index in [0.29, 0.717) is 18.0 Å². The third-order valence-corrected chi connectivity index (χ3v) is 6.19. The van der Waals surface area contributed by atoms with E-state index in [-0.39, 0.29) is 12.0 Å². The van der Waals surface area contributed by atoms with Gasteiger partial charge in [0.05, 0.1) is 11.0 Å². The quantitative estimate of drug-likeness (QED) is 0.908. The van der Waals surface area contributed by atoms with Crippen LogP contribution in [-0.4, -0.2) is 37.0 Å². The van der Waals surface area contributed by atoms with E-state index in [9.17, 15) is 13.5 Å². The molecule has 0 spiro atoms. The number of aliphatic hydroxyl groups excluding tert-OH is 1. The molecule has 0 aromatic heterocycles. The summed E-state index contributed by atoms with van der Waals surface area (Å²) in [7, 11) is -3.39. The lowest BCUT2D eigenvalue weighted by Crippen LogP contribution is -2.40. The Labute approximate surface area is 127 Å². The second-order valence-corrected chi connectivity index (χ2v) is 7.81. The summed E-state index contributed by atoms with van der Waals surface area (Å²) < 4.78 is 26.7. The topological polar surface area (TPSA) is 57.6 Å². The Bertz CT molecular complexity index is 543. The zero-order chi connectivity index (χ0) is 15.5. The first-order valence-electron chi connectivity index (χ1n) is 7.72. The van der Waals surface area contributed by atoms with Crippen molar-refractivity contribution in [3.8, 4) is 0 Å². The third kappa shape index (κ3) is 3.84. The highest BCUT2D eigenvalue weighted by Gasteiger charge is 2.30. The van der Waals surface area contributed by atoms with Gasteiger partial charge in [-0.15, -0.1) is 0 Å². The molecule has 1 N–H and O–H groups in total. The molecular formula is C16H25NO3S. The number of sulfonamides is 1. The molecule has 1 saturated heterocycles. The van der Waals surface area contributed by atoms with Gasteiger partial charge < -0.3 is 5.11 Å². The maximum absolute atomic E-state index is 12.6. The monoisotopic (exact) mass is 311 g/mol. The normalized spacial score (nSPS) is 19.6. The summed E-state index contributed by atoms with van der Waals surface area (Å²) in [6, 6.07) is 7.22. The van der Waals surface area contributed by atoms with Gasteiger partial charge in [-0.3, -0.25) is 0 Å². The Kier molecular flexibility index (Phi) is 5.41. The van der Waals surface area contributed by atoms with Crippen LogP contribution in [0.4, 0.5) is 0 Å². The average molecular weight is 311 g/mol. The van der Waals surface area contributed by atoms with E-state index in [1.165, 1.54) is 5.56 Å². The predicted molar refractivity (Wildman–Crippen MR) is 83.6 cm³/mol. The van der Waals surface area contributed by atoms with E-state index in [1.807, 2.05) is 12.1 Å². The van der Waals surface area contributed by atoms with Crippen LogP contribution in [0.25, 0.3) is 0 Å². The third-order valence-electron chi connectivity index (χ3n) is 4.28. The van der Waals surface area contributed by atoms with Crippen molar-refractivity contribution in [2.75, 3.05) is 13.1 Å². The molecule has 0 amide bonds. The summed E-state index contributed by atoms with van der Waals surface area (Å²) in [5, 5.41) is 9.60. The number of rotatable bonds is 5. The maximum Gasteiger partial charge on any atom is 0.243 e. The number of hydrogen-bond acceptors (Lipinski definition) is 3. The summed E-state index contributed by atoms with van der Waals surface area (Å²) in [5.41, 5.74) is 1.17. The fourth-order valence-corrected chi connectivity index (χ4v) is 4.33. The molecule has 1 fully saturated rings. The molecule has 2 rings (SSSR count). The minimum atomic E-state index is -3.39. The van der Waals surface area contributed by atoms with Crippen molar-refractivity contribution in [1.82, 2.24) is 4.31 Å². The zero-order valence-corrected chi connectivity index (χ0v) is 13.6. The van der Waals surface area contributed by atoms with Gasteiger partial charge in [0.25, 0.3) is 0 Å². The van der Waals surface area contributed by atoms with Crippen LogP contribution in [0, 0.1) is 5.92 Å². The first kappa shape index (κ1) is 16.5. The van der Waals surface area contributed by atoms with Crippen LogP contribution in [0.15, 0.2) is 29.2 Å². The number of benzene rings is 1. The molecule has 1 aliphatic rings. The lowest BCUT2D eigenvalue weighted by Gasteiger charge is -2.32. The van der Waals surface area contributed by atoms with Crippen molar-refractivity contribution < 1.29 is 13.5 Å². The van der Waals surface area contributed by atoms with Gasteiger partial charge in [0.15, 0.2) is 0 Å².